The fraction of sp³-hybridized carbons (Fsp3) is 0.526. The molecule has 25 heavy (non-hydrogen) atoms. The Bertz CT molecular complexity index is 692. The molecule has 1 atom stereocenters. The number of carbonyl (C=O) groups excluding carboxylic acids is 1. The first-order valence-electron chi connectivity index (χ1n) is 8.73. The van der Waals surface area contributed by atoms with Gasteiger partial charge in [0.15, 0.2) is 0 Å². The maximum atomic E-state index is 12.3. The fourth-order valence-corrected chi connectivity index (χ4v) is 3.07. The largest absolute Gasteiger partial charge is 0.388 e. The van der Waals surface area contributed by atoms with Crippen LogP contribution in [0.4, 0.5) is 5.69 Å². The Hall–Kier alpha value is -2.21. The number of aromatic nitrogens is 2. The Balaban J connectivity index is 0.000000701. The van der Waals surface area contributed by atoms with E-state index < -0.39 is 0 Å². The van der Waals surface area contributed by atoms with Gasteiger partial charge in [0, 0.05) is 20.3 Å². The number of aryl methyl sites for hydroxylation is 1. The summed E-state index contributed by atoms with van der Waals surface area (Å²) >= 11 is 0. The Labute approximate surface area is 148 Å². The van der Waals surface area contributed by atoms with E-state index in [-0.39, 0.29) is 12.1 Å². The second-order valence-electron chi connectivity index (χ2n) is 6.28. The molecule has 1 aliphatic carbocycles. The molecule has 2 aliphatic rings. The minimum Gasteiger partial charge on any atom is -0.388 e. The first-order chi connectivity index (χ1) is 12.2. The predicted molar refractivity (Wildman–Crippen MR) is 98.9 cm³/mol. The van der Waals surface area contributed by atoms with Crippen molar-refractivity contribution in [3.63, 3.8) is 0 Å². The molecule has 0 bridgehead atoms. The number of rotatable bonds is 5. The molecule has 0 saturated carbocycles. The average Bonchev–Trinajstić information content (AvgIpc) is 2.64. The first kappa shape index (κ1) is 19.1. The summed E-state index contributed by atoms with van der Waals surface area (Å²) in [5, 5.41) is 3.34. The summed E-state index contributed by atoms with van der Waals surface area (Å²) in [6, 6.07) is 0.297. The Morgan fingerprint density at radius 3 is 2.88 bits per heavy atom. The van der Waals surface area contributed by atoms with Gasteiger partial charge in [-0.15, -0.1) is 0 Å². The molecule has 2 heterocycles. The maximum Gasteiger partial charge on any atom is 0.277 e. The number of ether oxygens (including phenoxy) is 1. The molecule has 0 fully saturated rings. The van der Waals surface area contributed by atoms with Gasteiger partial charge in [-0.1, -0.05) is 23.8 Å². The predicted octanol–water partition coefficient (Wildman–Crippen LogP) is 2.49. The van der Waals surface area contributed by atoms with Crippen LogP contribution in [0.3, 0.4) is 0 Å². The number of allylic oxidation sites excluding steroid dienone is 4. The molecular formula is C19H27N3O3. The van der Waals surface area contributed by atoms with E-state index in [0.717, 1.165) is 50.5 Å². The lowest BCUT2D eigenvalue weighted by molar-refractivity contribution is -0.108. The van der Waals surface area contributed by atoms with E-state index in [4.69, 9.17) is 0 Å². The smallest absolute Gasteiger partial charge is 0.277 e. The van der Waals surface area contributed by atoms with Crippen LogP contribution in [-0.2, 0) is 22.5 Å². The molecular weight excluding hydrogens is 318 g/mol. The number of aldehydes is 1. The van der Waals surface area contributed by atoms with Crippen LogP contribution < -0.4 is 10.9 Å². The van der Waals surface area contributed by atoms with Gasteiger partial charge in [-0.05, 0) is 38.5 Å². The van der Waals surface area contributed by atoms with Gasteiger partial charge in [-0.2, -0.15) is 0 Å². The van der Waals surface area contributed by atoms with Crippen molar-refractivity contribution in [2.75, 3.05) is 19.5 Å². The van der Waals surface area contributed by atoms with Gasteiger partial charge in [0.25, 0.3) is 5.56 Å². The number of carbonyl (C=O) groups is 1. The van der Waals surface area contributed by atoms with Crippen molar-refractivity contribution < 1.29 is 9.53 Å². The van der Waals surface area contributed by atoms with Gasteiger partial charge >= 0.3 is 0 Å². The molecule has 1 N–H and O–H groups in total. The lowest BCUT2D eigenvalue weighted by Crippen LogP contribution is -2.34. The maximum absolute atomic E-state index is 12.3. The number of hydrogen-bond acceptors (Lipinski definition) is 5. The highest BCUT2D eigenvalue weighted by Crippen LogP contribution is 2.24. The van der Waals surface area contributed by atoms with E-state index in [1.807, 2.05) is 0 Å². The fourth-order valence-electron chi connectivity index (χ4n) is 3.07. The lowest BCUT2D eigenvalue weighted by Gasteiger charge is -2.26. The molecule has 0 radical (unpaired) electrons. The van der Waals surface area contributed by atoms with E-state index in [9.17, 15) is 9.59 Å². The van der Waals surface area contributed by atoms with Crippen LogP contribution >= 0.6 is 0 Å². The molecule has 6 heteroatoms. The van der Waals surface area contributed by atoms with Crippen LogP contribution in [0, 0.1) is 0 Å². The SMILES string of the molecule is COC.O=CCn1cnc2c(c1=O)NC(CCC1=CCCC=C1)CC2. The highest BCUT2D eigenvalue weighted by molar-refractivity contribution is 5.52. The monoisotopic (exact) mass is 345 g/mol. The van der Waals surface area contributed by atoms with Crippen molar-refractivity contribution >= 4 is 12.0 Å². The van der Waals surface area contributed by atoms with Gasteiger partial charge in [0.1, 0.15) is 12.0 Å². The molecule has 0 aromatic carbocycles. The van der Waals surface area contributed by atoms with E-state index in [0.29, 0.717) is 11.7 Å². The molecule has 0 spiro atoms. The standard InChI is InChI=1S/C17H21N3O2.C2H6O/c21-11-10-20-12-18-15-9-8-14(19-16(15)17(20)22)7-6-13-4-2-1-3-5-13;1-3-2/h2,4-5,11-12,14,19H,1,3,6-10H2;1-2H3. The summed E-state index contributed by atoms with van der Waals surface area (Å²) in [5.41, 5.74) is 2.65. The van der Waals surface area contributed by atoms with E-state index >= 15 is 0 Å². The van der Waals surface area contributed by atoms with E-state index in [1.54, 1.807) is 14.2 Å². The third kappa shape index (κ3) is 5.39. The van der Waals surface area contributed by atoms with Crippen LogP contribution in [0.1, 0.15) is 37.8 Å². The molecule has 0 saturated heterocycles. The zero-order chi connectivity index (χ0) is 18.1. The molecule has 1 unspecified atom stereocenters. The second-order valence-corrected chi connectivity index (χ2v) is 6.28. The van der Waals surface area contributed by atoms with Crippen LogP contribution in [0.5, 0.6) is 0 Å². The number of nitrogens with zero attached hydrogens (tertiary/aromatic N) is 2. The topological polar surface area (TPSA) is 73.2 Å². The number of nitrogens with one attached hydrogen (secondary N) is 1. The first-order valence-corrected chi connectivity index (χ1v) is 8.73. The minimum absolute atomic E-state index is 0.0587. The normalized spacial score (nSPS) is 18.3. The molecule has 136 valence electrons. The number of methoxy groups -OCH3 is 1. The molecule has 3 rings (SSSR count). The van der Waals surface area contributed by atoms with Crippen molar-refractivity contribution in [2.45, 2.75) is 51.1 Å². The van der Waals surface area contributed by atoms with E-state index in [2.05, 4.69) is 33.3 Å². The summed E-state index contributed by atoms with van der Waals surface area (Å²) < 4.78 is 5.60. The van der Waals surface area contributed by atoms with Gasteiger partial charge in [-0.3, -0.25) is 9.36 Å². The van der Waals surface area contributed by atoms with Crippen LogP contribution in [0.2, 0.25) is 0 Å². The second kappa shape index (κ2) is 9.93. The Morgan fingerprint density at radius 1 is 1.40 bits per heavy atom. The van der Waals surface area contributed by atoms with E-state index in [1.165, 1.54) is 16.5 Å². The van der Waals surface area contributed by atoms with Gasteiger partial charge in [0.2, 0.25) is 0 Å². The summed E-state index contributed by atoms with van der Waals surface area (Å²) in [6.45, 7) is 0.0587. The minimum atomic E-state index is -0.140. The molecule has 1 aliphatic heterocycles. The third-order valence-corrected chi connectivity index (χ3v) is 4.32. The summed E-state index contributed by atoms with van der Waals surface area (Å²) in [6.07, 6.45) is 15.0. The zero-order valence-corrected chi connectivity index (χ0v) is 15.0. The summed E-state index contributed by atoms with van der Waals surface area (Å²) in [4.78, 5) is 27.3. The van der Waals surface area contributed by atoms with Gasteiger partial charge in [0.05, 0.1) is 18.6 Å². The summed E-state index contributed by atoms with van der Waals surface area (Å²) in [7, 11) is 3.25. The van der Waals surface area contributed by atoms with Crippen LogP contribution in [-0.4, -0.2) is 36.1 Å². The highest BCUT2D eigenvalue weighted by Gasteiger charge is 2.22. The van der Waals surface area contributed by atoms with Crippen molar-refractivity contribution in [3.8, 4) is 0 Å². The summed E-state index contributed by atoms with van der Waals surface area (Å²) in [5.74, 6) is 0. The average molecular weight is 345 g/mol. The Morgan fingerprint density at radius 2 is 2.20 bits per heavy atom. The molecule has 1 aromatic heterocycles. The quantitative estimate of drug-likeness (QED) is 0.830. The van der Waals surface area contributed by atoms with Crippen molar-refractivity contribution in [2.24, 2.45) is 0 Å². The highest BCUT2D eigenvalue weighted by atomic mass is 16.4. The van der Waals surface area contributed by atoms with Crippen LogP contribution in [0.25, 0.3) is 0 Å². The molecule has 0 amide bonds. The number of hydrogen-bond donors (Lipinski definition) is 1. The Kier molecular flexibility index (Phi) is 7.60. The zero-order valence-electron chi connectivity index (χ0n) is 15.0. The van der Waals surface area contributed by atoms with Gasteiger partial charge < -0.3 is 14.8 Å². The lowest BCUT2D eigenvalue weighted by atomic mass is 9.95. The third-order valence-electron chi connectivity index (χ3n) is 4.32. The van der Waals surface area contributed by atoms with Crippen molar-refractivity contribution in [3.05, 3.63) is 46.2 Å². The van der Waals surface area contributed by atoms with Gasteiger partial charge in [-0.25, -0.2) is 4.98 Å². The molecule has 6 nitrogen and oxygen atoms in total. The van der Waals surface area contributed by atoms with Crippen molar-refractivity contribution in [1.82, 2.24) is 9.55 Å². The number of anilines is 1. The number of fused-ring (bicyclic) bond motifs is 1. The van der Waals surface area contributed by atoms with Crippen LogP contribution in [0.15, 0.2) is 34.9 Å². The molecule has 1 aromatic rings. The van der Waals surface area contributed by atoms with Crippen molar-refractivity contribution in [1.29, 1.82) is 0 Å².